The molecule has 9 nitrogen and oxygen atoms in total. The highest BCUT2D eigenvalue weighted by Gasteiger charge is 2.21. The fraction of sp³-hybridized carbons (Fsp3) is 0.240. The first-order valence-electron chi connectivity index (χ1n) is 10.8. The quantitative estimate of drug-likeness (QED) is 0.327. The lowest BCUT2D eigenvalue weighted by atomic mass is 10.0. The smallest absolute Gasteiger partial charge is 0.377 e. The fourth-order valence-electron chi connectivity index (χ4n) is 3.58. The lowest BCUT2D eigenvalue weighted by Gasteiger charge is -2.15. The number of benzene rings is 2. The average Bonchev–Trinajstić information content (AvgIpc) is 3.46. The van der Waals surface area contributed by atoms with Crippen molar-refractivity contribution in [1.29, 1.82) is 0 Å². The van der Waals surface area contributed by atoms with Crippen LogP contribution in [0.25, 0.3) is 11.3 Å². The van der Waals surface area contributed by atoms with E-state index in [-0.39, 0.29) is 12.2 Å². The molecule has 0 amide bonds. The van der Waals surface area contributed by atoms with E-state index in [2.05, 4.69) is 20.0 Å². The Balaban J connectivity index is 1.45. The predicted octanol–water partition coefficient (Wildman–Crippen LogP) is 4.58. The van der Waals surface area contributed by atoms with Crippen LogP contribution in [0.2, 0.25) is 5.02 Å². The van der Waals surface area contributed by atoms with E-state index in [1.165, 1.54) is 13.4 Å². The highest BCUT2D eigenvalue weighted by molar-refractivity contribution is 6.31. The molecule has 0 aliphatic rings. The van der Waals surface area contributed by atoms with E-state index < -0.39 is 18.0 Å². The molecule has 0 radical (unpaired) electrons. The van der Waals surface area contributed by atoms with Crippen molar-refractivity contribution in [2.75, 3.05) is 7.11 Å². The molecule has 2 aromatic carbocycles. The molecule has 0 aliphatic carbocycles. The summed E-state index contributed by atoms with van der Waals surface area (Å²) >= 11 is 6.22. The van der Waals surface area contributed by atoms with Crippen LogP contribution in [0.5, 0.6) is 0 Å². The minimum atomic E-state index is -0.591. The van der Waals surface area contributed by atoms with Crippen LogP contribution in [0.4, 0.5) is 0 Å². The first-order valence-corrected chi connectivity index (χ1v) is 11.2. The zero-order valence-electron chi connectivity index (χ0n) is 19.4. The van der Waals surface area contributed by atoms with Crippen LogP contribution in [0.3, 0.4) is 0 Å². The van der Waals surface area contributed by atoms with E-state index in [9.17, 15) is 9.59 Å². The van der Waals surface area contributed by atoms with Gasteiger partial charge in [-0.15, -0.1) is 5.10 Å². The molecule has 2 aromatic heterocycles. The normalized spacial score (nSPS) is 11.8. The van der Waals surface area contributed by atoms with Gasteiger partial charge in [-0.1, -0.05) is 59.2 Å². The summed E-state index contributed by atoms with van der Waals surface area (Å²) in [5, 5.41) is 8.69. The van der Waals surface area contributed by atoms with E-state index >= 15 is 0 Å². The number of aromatic nitrogens is 4. The third kappa shape index (κ3) is 5.58. The fourth-order valence-corrected chi connectivity index (χ4v) is 3.87. The maximum atomic E-state index is 12.7. The zero-order chi connectivity index (χ0) is 24.9. The molecule has 0 bridgehead atoms. The summed E-state index contributed by atoms with van der Waals surface area (Å²) in [4.78, 5) is 28.1. The molecule has 0 fully saturated rings. The number of methoxy groups -OCH3 is 1. The third-order valence-corrected chi connectivity index (χ3v) is 5.77. The van der Waals surface area contributed by atoms with E-state index in [0.29, 0.717) is 28.6 Å². The first-order chi connectivity index (χ1) is 16.9. The van der Waals surface area contributed by atoms with Crippen LogP contribution in [0, 0.1) is 6.92 Å². The van der Waals surface area contributed by atoms with Crippen LogP contribution in [-0.2, 0) is 27.2 Å². The largest absolute Gasteiger partial charge is 0.463 e. The molecular formula is C25H23ClN4O5. The maximum Gasteiger partial charge on any atom is 0.377 e. The molecule has 0 saturated heterocycles. The Kier molecular flexibility index (Phi) is 7.26. The van der Waals surface area contributed by atoms with Crippen molar-refractivity contribution in [3.8, 4) is 11.3 Å². The van der Waals surface area contributed by atoms with E-state index in [1.54, 1.807) is 24.6 Å². The summed E-state index contributed by atoms with van der Waals surface area (Å²) in [7, 11) is 1.28. The number of ether oxygens (including phenoxy) is 2. The number of carbonyl (C=O) groups is 2. The van der Waals surface area contributed by atoms with E-state index in [1.807, 2.05) is 42.5 Å². The topological polar surface area (TPSA) is 109 Å². The Morgan fingerprint density at radius 2 is 1.89 bits per heavy atom. The lowest BCUT2D eigenvalue weighted by molar-refractivity contribution is -0.147. The zero-order valence-corrected chi connectivity index (χ0v) is 20.2. The van der Waals surface area contributed by atoms with Crippen molar-refractivity contribution in [2.24, 2.45) is 0 Å². The summed E-state index contributed by atoms with van der Waals surface area (Å²) in [6, 6.07) is 14.8. The second kappa shape index (κ2) is 10.5. The van der Waals surface area contributed by atoms with Crippen LogP contribution < -0.4 is 0 Å². The van der Waals surface area contributed by atoms with Gasteiger partial charge in [-0.3, -0.25) is 4.79 Å². The SMILES string of the molecule is COC(=O)c1ncn(Cc2ccc(-c3onc(C)c3CC(=O)OC(C)c3ccccc3Cl)cc2)n1. The first kappa shape index (κ1) is 24.2. The van der Waals surface area contributed by atoms with Gasteiger partial charge >= 0.3 is 11.9 Å². The van der Waals surface area contributed by atoms with Gasteiger partial charge in [0.2, 0.25) is 0 Å². The molecule has 1 unspecified atom stereocenters. The second-order valence-corrected chi connectivity index (χ2v) is 8.27. The number of rotatable bonds is 8. The number of hydrogen-bond acceptors (Lipinski definition) is 8. The van der Waals surface area contributed by atoms with Crippen molar-refractivity contribution in [3.63, 3.8) is 0 Å². The molecule has 0 N–H and O–H groups in total. The molecule has 1 atom stereocenters. The highest BCUT2D eigenvalue weighted by Crippen LogP contribution is 2.29. The number of aryl methyl sites for hydroxylation is 1. The molecule has 10 heteroatoms. The van der Waals surface area contributed by atoms with Gasteiger partial charge in [0.25, 0.3) is 5.82 Å². The molecule has 4 aromatic rings. The molecule has 35 heavy (non-hydrogen) atoms. The van der Waals surface area contributed by atoms with E-state index in [4.69, 9.17) is 20.9 Å². The second-order valence-electron chi connectivity index (χ2n) is 7.86. The molecule has 0 saturated carbocycles. The Hall–Kier alpha value is -3.98. The number of esters is 2. The minimum absolute atomic E-state index is 0.00152. The summed E-state index contributed by atoms with van der Waals surface area (Å²) in [6.07, 6.45) is 0.986. The molecule has 180 valence electrons. The highest BCUT2D eigenvalue weighted by atomic mass is 35.5. The Morgan fingerprint density at radius 3 is 2.60 bits per heavy atom. The van der Waals surface area contributed by atoms with Gasteiger partial charge in [0.15, 0.2) is 5.76 Å². The van der Waals surface area contributed by atoms with Gasteiger partial charge < -0.3 is 14.0 Å². The van der Waals surface area contributed by atoms with Gasteiger partial charge in [-0.2, -0.15) is 0 Å². The Morgan fingerprint density at radius 1 is 1.14 bits per heavy atom. The average molecular weight is 495 g/mol. The summed E-state index contributed by atoms with van der Waals surface area (Å²) in [5.41, 5.74) is 3.72. The van der Waals surface area contributed by atoms with Crippen LogP contribution >= 0.6 is 11.6 Å². The molecule has 4 rings (SSSR count). The van der Waals surface area contributed by atoms with Crippen molar-refractivity contribution in [2.45, 2.75) is 32.9 Å². The minimum Gasteiger partial charge on any atom is -0.463 e. The van der Waals surface area contributed by atoms with Crippen molar-refractivity contribution in [3.05, 3.63) is 88.1 Å². The number of nitrogens with zero attached hydrogens (tertiary/aromatic N) is 4. The van der Waals surface area contributed by atoms with Gasteiger partial charge in [0.1, 0.15) is 12.4 Å². The lowest BCUT2D eigenvalue weighted by Crippen LogP contribution is -2.12. The van der Waals surface area contributed by atoms with Crippen LogP contribution in [-0.4, -0.2) is 39.0 Å². The number of hydrogen-bond donors (Lipinski definition) is 0. The Bertz CT molecular complexity index is 1350. The predicted molar refractivity (Wildman–Crippen MR) is 127 cm³/mol. The van der Waals surface area contributed by atoms with Gasteiger partial charge in [0, 0.05) is 21.7 Å². The molecule has 2 heterocycles. The van der Waals surface area contributed by atoms with Crippen LogP contribution in [0.1, 0.15) is 46.0 Å². The Labute approximate surface area is 206 Å². The van der Waals surface area contributed by atoms with Crippen molar-refractivity contribution < 1.29 is 23.6 Å². The van der Waals surface area contributed by atoms with Crippen LogP contribution in [0.15, 0.2) is 59.4 Å². The summed E-state index contributed by atoms with van der Waals surface area (Å²) < 4.78 is 17.3. The van der Waals surface area contributed by atoms with Crippen molar-refractivity contribution in [1.82, 2.24) is 19.9 Å². The maximum absolute atomic E-state index is 12.7. The monoisotopic (exact) mass is 494 g/mol. The summed E-state index contributed by atoms with van der Waals surface area (Å²) in [5.74, 6) is -0.493. The van der Waals surface area contributed by atoms with Gasteiger partial charge in [0.05, 0.1) is 25.8 Å². The number of halogens is 1. The molecular weight excluding hydrogens is 472 g/mol. The molecule has 0 aliphatic heterocycles. The molecule has 0 spiro atoms. The third-order valence-electron chi connectivity index (χ3n) is 5.42. The van der Waals surface area contributed by atoms with Crippen molar-refractivity contribution >= 4 is 23.5 Å². The number of carbonyl (C=O) groups excluding carboxylic acids is 2. The standard InChI is InChI=1S/C25H23ClN4O5/c1-15-20(12-22(31)34-16(2)19-6-4-5-7-21(19)26)23(35-29-15)18-10-8-17(9-11-18)13-30-14-27-24(28-30)25(32)33-3/h4-11,14,16H,12-13H2,1-3H3. The van der Waals surface area contributed by atoms with Gasteiger partial charge in [-0.25, -0.2) is 14.5 Å². The van der Waals surface area contributed by atoms with E-state index in [0.717, 1.165) is 16.7 Å². The van der Waals surface area contributed by atoms with Gasteiger partial charge in [-0.05, 0) is 25.5 Å². The summed E-state index contributed by atoms with van der Waals surface area (Å²) in [6.45, 7) is 3.98.